The SMILES string of the molecule is COC(=O)Cc1ccc(OCc2nccc(N)n2)cc1. The summed E-state index contributed by atoms with van der Waals surface area (Å²) in [5.41, 5.74) is 6.42. The highest BCUT2D eigenvalue weighted by molar-refractivity contribution is 5.72. The van der Waals surface area contributed by atoms with Crippen molar-refractivity contribution in [1.29, 1.82) is 0 Å². The summed E-state index contributed by atoms with van der Waals surface area (Å²) >= 11 is 0. The third-order valence-corrected chi connectivity index (χ3v) is 2.59. The van der Waals surface area contributed by atoms with Gasteiger partial charge in [-0.05, 0) is 23.8 Å². The fraction of sp³-hybridized carbons (Fsp3) is 0.214. The molecule has 0 amide bonds. The molecule has 0 saturated carbocycles. The van der Waals surface area contributed by atoms with E-state index in [1.807, 2.05) is 12.1 Å². The number of aromatic nitrogens is 2. The molecule has 2 N–H and O–H groups in total. The molecule has 0 spiro atoms. The predicted octanol–water partition coefficient (Wildman–Crippen LogP) is 1.35. The van der Waals surface area contributed by atoms with Crippen molar-refractivity contribution in [3.8, 4) is 5.75 Å². The summed E-state index contributed by atoms with van der Waals surface area (Å²) in [5, 5.41) is 0. The molecule has 0 radical (unpaired) electrons. The molecule has 0 bridgehead atoms. The van der Waals surface area contributed by atoms with Crippen molar-refractivity contribution >= 4 is 11.8 Å². The molecular formula is C14H15N3O3. The van der Waals surface area contributed by atoms with Gasteiger partial charge in [-0.15, -0.1) is 0 Å². The largest absolute Gasteiger partial charge is 0.486 e. The van der Waals surface area contributed by atoms with Gasteiger partial charge in [0.15, 0.2) is 5.82 Å². The number of carbonyl (C=O) groups excluding carboxylic acids is 1. The molecule has 104 valence electrons. The number of anilines is 1. The van der Waals surface area contributed by atoms with Crippen LogP contribution in [0.15, 0.2) is 36.5 Å². The predicted molar refractivity (Wildman–Crippen MR) is 72.9 cm³/mol. The monoisotopic (exact) mass is 273 g/mol. The van der Waals surface area contributed by atoms with E-state index < -0.39 is 0 Å². The average Bonchev–Trinajstić information content (AvgIpc) is 2.46. The number of ether oxygens (including phenoxy) is 2. The topological polar surface area (TPSA) is 87.3 Å². The molecule has 2 aromatic rings. The quantitative estimate of drug-likeness (QED) is 0.827. The van der Waals surface area contributed by atoms with Crippen LogP contribution in [-0.4, -0.2) is 23.0 Å². The number of hydrogen-bond acceptors (Lipinski definition) is 6. The Morgan fingerprint density at radius 2 is 2.00 bits per heavy atom. The molecule has 1 heterocycles. The Hall–Kier alpha value is -2.63. The Morgan fingerprint density at radius 1 is 1.25 bits per heavy atom. The minimum Gasteiger partial charge on any atom is -0.486 e. The van der Waals surface area contributed by atoms with Crippen molar-refractivity contribution in [3.05, 3.63) is 47.9 Å². The molecule has 0 saturated heterocycles. The van der Waals surface area contributed by atoms with Crippen LogP contribution in [0.5, 0.6) is 5.75 Å². The molecule has 2 rings (SSSR count). The molecule has 0 atom stereocenters. The fourth-order valence-electron chi connectivity index (χ4n) is 1.57. The van der Waals surface area contributed by atoms with Crippen molar-refractivity contribution in [2.45, 2.75) is 13.0 Å². The molecule has 6 nitrogen and oxygen atoms in total. The molecule has 1 aromatic carbocycles. The van der Waals surface area contributed by atoms with Gasteiger partial charge in [-0.2, -0.15) is 0 Å². The van der Waals surface area contributed by atoms with Crippen LogP contribution in [0.1, 0.15) is 11.4 Å². The van der Waals surface area contributed by atoms with Crippen LogP contribution in [0.3, 0.4) is 0 Å². The van der Waals surface area contributed by atoms with Crippen molar-refractivity contribution in [2.75, 3.05) is 12.8 Å². The van der Waals surface area contributed by atoms with Crippen LogP contribution in [-0.2, 0) is 22.6 Å². The van der Waals surface area contributed by atoms with Gasteiger partial charge in [-0.25, -0.2) is 9.97 Å². The van der Waals surface area contributed by atoms with Crippen molar-refractivity contribution in [3.63, 3.8) is 0 Å². The highest BCUT2D eigenvalue weighted by Gasteiger charge is 2.03. The normalized spacial score (nSPS) is 10.1. The van der Waals surface area contributed by atoms with E-state index in [4.69, 9.17) is 10.5 Å². The molecule has 0 fully saturated rings. The van der Waals surface area contributed by atoms with Gasteiger partial charge < -0.3 is 15.2 Å². The second kappa shape index (κ2) is 6.51. The smallest absolute Gasteiger partial charge is 0.309 e. The first-order valence-electron chi connectivity index (χ1n) is 6.03. The number of methoxy groups -OCH3 is 1. The summed E-state index contributed by atoms with van der Waals surface area (Å²) in [6, 6.07) is 8.80. The lowest BCUT2D eigenvalue weighted by Gasteiger charge is -2.06. The van der Waals surface area contributed by atoms with Gasteiger partial charge >= 0.3 is 5.97 Å². The van der Waals surface area contributed by atoms with Crippen LogP contribution in [0.25, 0.3) is 0 Å². The first kappa shape index (κ1) is 13.8. The summed E-state index contributed by atoms with van der Waals surface area (Å²) in [7, 11) is 1.37. The second-order valence-electron chi connectivity index (χ2n) is 4.08. The zero-order chi connectivity index (χ0) is 14.4. The van der Waals surface area contributed by atoms with Gasteiger partial charge in [0.2, 0.25) is 0 Å². The van der Waals surface area contributed by atoms with Crippen LogP contribution >= 0.6 is 0 Å². The Labute approximate surface area is 116 Å². The molecule has 0 unspecified atom stereocenters. The van der Waals surface area contributed by atoms with Crippen LogP contribution < -0.4 is 10.5 Å². The Balaban J connectivity index is 1.92. The Bertz CT molecular complexity index is 584. The highest BCUT2D eigenvalue weighted by Crippen LogP contribution is 2.14. The number of nitrogen functional groups attached to an aromatic ring is 1. The zero-order valence-corrected chi connectivity index (χ0v) is 11.1. The van der Waals surface area contributed by atoms with E-state index in [9.17, 15) is 4.79 Å². The van der Waals surface area contributed by atoms with Gasteiger partial charge in [0, 0.05) is 6.20 Å². The Kier molecular flexibility index (Phi) is 4.49. The zero-order valence-electron chi connectivity index (χ0n) is 11.1. The summed E-state index contributed by atoms with van der Waals surface area (Å²) < 4.78 is 10.1. The minimum absolute atomic E-state index is 0.237. The summed E-state index contributed by atoms with van der Waals surface area (Å²) in [6.45, 7) is 0.237. The van der Waals surface area contributed by atoms with Gasteiger partial charge in [0.05, 0.1) is 13.5 Å². The third kappa shape index (κ3) is 3.94. The highest BCUT2D eigenvalue weighted by atomic mass is 16.5. The number of nitrogens with zero attached hydrogens (tertiary/aromatic N) is 2. The van der Waals surface area contributed by atoms with E-state index in [-0.39, 0.29) is 19.0 Å². The summed E-state index contributed by atoms with van der Waals surface area (Å²) in [6.07, 6.45) is 1.83. The van der Waals surface area contributed by atoms with E-state index in [0.717, 1.165) is 5.56 Å². The second-order valence-corrected chi connectivity index (χ2v) is 4.08. The van der Waals surface area contributed by atoms with Crippen LogP contribution in [0.4, 0.5) is 5.82 Å². The standard InChI is InChI=1S/C14H15N3O3/c1-19-14(18)8-10-2-4-11(5-3-10)20-9-13-16-7-6-12(15)17-13/h2-7H,8-9H2,1H3,(H2,15,16,17). The van der Waals surface area contributed by atoms with E-state index in [1.165, 1.54) is 7.11 Å². The molecule has 0 aliphatic rings. The summed E-state index contributed by atoms with van der Waals surface area (Å²) in [5.74, 6) is 1.33. The van der Waals surface area contributed by atoms with Crippen molar-refractivity contribution in [2.24, 2.45) is 0 Å². The maximum Gasteiger partial charge on any atom is 0.309 e. The molecule has 0 aliphatic carbocycles. The van der Waals surface area contributed by atoms with Gasteiger partial charge in [0.1, 0.15) is 18.2 Å². The molecule has 20 heavy (non-hydrogen) atoms. The molecule has 0 aliphatic heterocycles. The first-order valence-corrected chi connectivity index (χ1v) is 6.03. The van der Waals surface area contributed by atoms with Crippen LogP contribution in [0.2, 0.25) is 0 Å². The third-order valence-electron chi connectivity index (χ3n) is 2.59. The molecular weight excluding hydrogens is 258 g/mol. The Morgan fingerprint density at radius 3 is 2.65 bits per heavy atom. The molecule has 6 heteroatoms. The van der Waals surface area contributed by atoms with Crippen LogP contribution in [0, 0.1) is 0 Å². The summed E-state index contributed by atoms with van der Waals surface area (Å²) in [4.78, 5) is 19.2. The van der Waals surface area contributed by atoms with Gasteiger partial charge in [-0.3, -0.25) is 4.79 Å². The number of hydrogen-bond donors (Lipinski definition) is 1. The van der Waals surface area contributed by atoms with E-state index >= 15 is 0 Å². The number of carbonyl (C=O) groups is 1. The van der Waals surface area contributed by atoms with E-state index in [0.29, 0.717) is 17.4 Å². The molecule has 1 aromatic heterocycles. The number of benzene rings is 1. The number of esters is 1. The lowest BCUT2D eigenvalue weighted by atomic mass is 10.1. The maximum absolute atomic E-state index is 11.1. The number of rotatable bonds is 5. The lowest BCUT2D eigenvalue weighted by molar-refractivity contribution is -0.139. The van der Waals surface area contributed by atoms with Crippen molar-refractivity contribution in [1.82, 2.24) is 9.97 Å². The minimum atomic E-state index is -0.271. The van der Waals surface area contributed by atoms with Gasteiger partial charge in [-0.1, -0.05) is 12.1 Å². The van der Waals surface area contributed by atoms with Gasteiger partial charge in [0.25, 0.3) is 0 Å². The first-order chi connectivity index (χ1) is 9.67. The van der Waals surface area contributed by atoms with Crippen molar-refractivity contribution < 1.29 is 14.3 Å². The average molecular weight is 273 g/mol. The van der Waals surface area contributed by atoms with E-state index in [2.05, 4.69) is 14.7 Å². The fourth-order valence-corrected chi connectivity index (χ4v) is 1.57. The van der Waals surface area contributed by atoms with E-state index in [1.54, 1.807) is 24.4 Å². The number of nitrogens with two attached hydrogens (primary N) is 1. The maximum atomic E-state index is 11.1. The lowest BCUT2D eigenvalue weighted by Crippen LogP contribution is -2.05.